The molecule has 2 aliphatic heterocycles. The van der Waals surface area contributed by atoms with Gasteiger partial charge in [0.25, 0.3) is 11.7 Å². The van der Waals surface area contributed by atoms with Crippen molar-refractivity contribution in [2.24, 2.45) is 0 Å². The Bertz CT molecular complexity index is 1030. The molecule has 1 aromatic heterocycles. The molecule has 1 aromatic carbocycles. The molecule has 0 unspecified atom stereocenters. The fraction of sp³-hybridized carbons (Fsp3) is 0.435. The Balaban J connectivity index is 1.78. The van der Waals surface area contributed by atoms with Gasteiger partial charge in [-0.25, -0.2) is 0 Å². The van der Waals surface area contributed by atoms with Gasteiger partial charge in [-0.3, -0.25) is 19.6 Å². The summed E-state index contributed by atoms with van der Waals surface area (Å²) in [6, 6.07) is 6.52. The van der Waals surface area contributed by atoms with E-state index in [9.17, 15) is 14.7 Å². The second-order valence-corrected chi connectivity index (χ2v) is 8.03. The van der Waals surface area contributed by atoms with E-state index in [1.54, 1.807) is 38.0 Å². The number of benzene rings is 1. The number of rotatable bonds is 6. The third-order valence-corrected chi connectivity index (χ3v) is 6.08. The van der Waals surface area contributed by atoms with E-state index in [0.717, 1.165) is 13.1 Å². The van der Waals surface area contributed by atoms with Crippen molar-refractivity contribution in [1.82, 2.24) is 20.0 Å². The largest absolute Gasteiger partial charge is 0.507 e. The molecule has 1 amide bonds. The van der Waals surface area contributed by atoms with Crippen molar-refractivity contribution in [2.75, 3.05) is 46.5 Å². The van der Waals surface area contributed by atoms with E-state index < -0.39 is 17.7 Å². The lowest BCUT2D eigenvalue weighted by atomic mass is 9.94. The number of Topliss-reactive ketones (excluding diaryl/α,β-unsaturated/α-hetero) is 1. The van der Waals surface area contributed by atoms with E-state index in [0.29, 0.717) is 54.6 Å². The summed E-state index contributed by atoms with van der Waals surface area (Å²) in [5.41, 5.74) is 2.40. The zero-order valence-corrected chi connectivity index (χ0v) is 18.6. The molecule has 0 saturated carbocycles. The van der Waals surface area contributed by atoms with Crippen molar-refractivity contribution in [3.8, 4) is 5.75 Å². The summed E-state index contributed by atoms with van der Waals surface area (Å²) >= 11 is 0. The molecule has 0 spiro atoms. The molecular weight excluding hydrogens is 412 g/mol. The summed E-state index contributed by atoms with van der Waals surface area (Å²) < 4.78 is 10.8. The quantitative estimate of drug-likeness (QED) is 0.401. The van der Waals surface area contributed by atoms with Crippen LogP contribution in [0.2, 0.25) is 0 Å². The van der Waals surface area contributed by atoms with Gasteiger partial charge in [-0.05, 0) is 31.5 Å². The van der Waals surface area contributed by atoms with Crippen molar-refractivity contribution in [3.05, 3.63) is 52.4 Å². The van der Waals surface area contributed by atoms with Gasteiger partial charge < -0.3 is 19.5 Å². The van der Waals surface area contributed by atoms with Crippen molar-refractivity contribution in [2.45, 2.75) is 19.9 Å². The Morgan fingerprint density at radius 2 is 2.00 bits per heavy atom. The first kappa shape index (κ1) is 22.0. The Morgan fingerprint density at radius 1 is 1.25 bits per heavy atom. The molecular formula is C23H28N4O5. The Labute approximate surface area is 186 Å². The average Bonchev–Trinajstić information content (AvgIpc) is 3.28. The van der Waals surface area contributed by atoms with E-state index in [4.69, 9.17) is 9.47 Å². The Morgan fingerprint density at radius 3 is 2.66 bits per heavy atom. The summed E-state index contributed by atoms with van der Waals surface area (Å²) in [6.07, 6.45) is 0. The van der Waals surface area contributed by atoms with E-state index in [2.05, 4.69) is 15.1 Å². The van der Waals surface area contributed by atoms with Gasteiger partial charge in [-0.2, -0.15) is 5.10 Å². The van der Waals surface area contributed by atoms with Crippen LogP contribution in [0.1, 0.15) is 28.6 Å². The molecule has 2 aliphatic rings. The fourth-order valence-corrected chi connectivity index (χ4v) is 4.38. The van der Waals surface area contributed by atoms with Crippen LogP contribution in [0.25, 0.3) is 5.76 Å². The zero-order valence-electron chi connectivity index (χ0n) is 18.6. The number of carbonyl (C=O) groups is 2. The van der Waals surface area contributed by atoms with Crippen LogP contribution < -0.4 is 4.74 Å². The second-order valence-electron chi connectivity index (χ2n) is 8.03. The van der Waals surface area contributed by atoms with Crippen molar-refractivity contribution in [3.63, 3.8) is 0 Å². The predicted octanol–water partition coefficient (Wildman–Crippen LogP) is 1.79. The summed E-state index contributed by atoms with van der Waals surface area (Å²) in [7, 11) is 1.56. The molecule has 1 atom stereocenters. The maximum Gasteiger partial charge on any atom is 0.295 e. The van der Waals surface area contributed by atoms with Gasteiger partial charge in [0.1, 0.15) is 11.5 Å². The maximum absolute atomic E-state index is 13.2. The summed E-state index contributed by atoms with van der Waals surface area (Å²) in [6.45, 7) is 7.33. The topological polar surface area (TPSA) is 108 Å². The summed E-state index contributed by atoms with van der Waals surface area (Å²) in [5, 5.41) is 18.2. The average molecular weight is 441 g/mol. The van der Waals surface area contributed by atoms with Crippen LogP contribution >= 0.6 is 0 Å². The van der Waals surface area contributed by atoms with Crippen molar-refractivity contribution >= 4 is 17.4 Å². The molecule has 0 aliphatic carbocycles. The predicted molar refractivity (Wildman–Crippen MR) is 117 cm³/mol. The third-order valence-electron chi connectivity index (χ3n) is 6.08. The number of ether oxygens (including phenoxy) is 2. The van der Waals surface area contributed by atoms with Crippen LogP contribution in [0.5, 0.6) is 5.75 Å². The van der Waals surface area contributed by atoms with Crippen LogP contribution in [0.4, 0.5) is 0 Å². The number of aliphatic hydroxyl groups is 1. The Hall–Kier alpha value is -3.17. The van der Waals surface area contributed by atoms with Gasteiger partial charge in [0, 0.05) is 31.9 Å². The number of aromatic amines is 1. The molecule has 3 heterocycles. The number of aryl methyl sites for hydroxylation is 2. The van der Waals surface area contributed by atoms with E-state index in [1.807, 2.05) is 12.1 Å². The Kier molecular flexibility index (Phi) is 6.29. The molecule has 2 aromatic rings. The van der Waals surface area contributed by atoms with Crippen LogP contribution in [0.3, 0.4) is 0 Å². The molecule has 32 heavy (non-hydrogen) atoms. The minimum Gasteiger partial charge on any atom is -0.507 e. The highest BCUT2D eigenvalue weighted by Gasteiger charge is 2.46. The number of methoxy groups -OCH3 is 1. The lowest BCUT2D eigenvalue weighted by Gasteiger charge is -2.31. The first-order valence-electron chi connectivity index (χ1n) is 10.7. The highest BCUT2D eigenvalue weighted by molar-refractivity contribution is 6.46. The number of hydrogen-bond acceptors (Lipinski definition) is 7. The van der Waals surface area contributed by atoms with Crippen molar-refractivity contribution in [1.29, 1.82) is 0 Å². The highest BCUT2D eigenvalue weighted by Crippen LogP contribution is 2.40. The number of hydrogen-bond donors (Lipinski definition) is 2. The van der Waals surface area contributed by atoms with Crippen LogP contribution in [-0.4, -0.2) is 83.3 Å². The number of aromatic nitrogens is 2. The highest BCUT2D eigenvalue weighted by atomic mass is 16.5. The van der Waals surface area contributed by atoms with E-state index in [-0.39, 0.29) is 11.3 Å². The molecule has 2 fully saturated rings. The molecule has 2 N–H and O–H groups in total. The molecule has 170 valence electrons. The smallest absolute Gasteiger partial charge is 0.295 e. The number of ketones is 1. The number of nitrogens with one attached hydrogen (secondary N) is 1. The first-order valence-corrected chi connectivity index (χ1v) is 10.7. The lowest BCUT2D eigenvalue weighted by molar-refractivity contribution is -0.140. The van der Waals surface area contributed by atoms with Gasteiger partial charge in [0.2, 0.25) is 0 Å². The normalized spacial score (nSPS) is 21.3. The number of H-pyrrole nitrogens is 1. The van der Waals surface area contributed by atoms with E-state index in [1.165, 1.54) is 0 Å². The van der Waals surface area contributed by atoms with Crippen LogP contribution in [-0.2, 0) is 14.3 Å². The molecule has 9 nitrogen and oxygen atoms in total. The number of likely N-dealkylation sites (tertiary alicyclic amines) is 1. The maximum atomic E-state index is 13.2. The van der Waals surface area contributed by atoms with E-state index >= 15 is 0 Å². The lowest BCUT2D eigenvalue weighted by Crippen LogP contribution is -2.42. The van der Waals surface area contributed by atoms with Crippen LogP contribution in [0, 0.1) is 13.8 Å². The number of amides is 1. The second kappa shape index (κ2) is 9.13. The van der Waals surface area contributed by atoms with Crippen molar-refractivity contribution < 1.29 is 24.2 Å². The molecule has 0 radical (unpaired) electrons. The summed E-state index contributed by atoms with van der Waals surface area (Å²) in [4.78, 5) is 30.0. The van der Waals surface area contributed by atoms with Gasteiger partial charge in [0.15, 0.2) is 0 Å². The summed E-state index contributed by atoms with van der Waals surface area (Å²) in [5.74, 6) is -0.922. The minimum atomic E-state index is -0.722. The number of nitrogens with zero attached hydrogens (tertiary/aromatic N) is 3. The molecule has 9 heteroatoms. The standard InChI is InChI=1S/C23H28N4O5/c1-14-18(15(2)25-24-14)21(28)19-20(16-5-4-6-17(13-16)31-3)27(23(30)22(19)29)8-7-26-9-11-32-12-10-26/h4-6,13,20,28H,7-12H2,1-3H3,(H,24,25)/b21-19+/t20-/m0/s1. The molecule has 0 bridgehead atoms. The minimum absolute atomic E-state index is 0.0674. The SMILES string of the molecule is COc1cccc([C@H]2/C(=C(\O)c3c(C)n[nH]c3C)C(=O)C(=O)N2CCN2CCOCC2)c1. The van der Waals surface area contributed by atoms with Gasteiger partial charge in [-0.15, -0.1) is 0 Å². The number of carbonyl (C=O) groups excluding carboxylic acids is 2. The third kappa shape index (κ3) is 4.01. The number of morpholine rings is 1. The number of aliphatic hydroxyl groups excluding tert-OH is 1. The molecule has 4 rings (SSSR count). The fourth-order valence-electron chi connectivity index (χ4n) is 4.38. The van der Waals surface area contributed by atoms with Gasteiger partial charge in [-0.1, -0.05) is 12.1 Å². The van der Waals surface area contributed by atoms with Gasteiger partial charge in [0.05, 0.1) is 43.2 Å². The monoisotopic (exact) mass is 440 g/mol. The first-order chi connectivity index (χ1) is 15.4. The molecule has 2 saturated heterocycles. The zero-order chi connectivity index (χ0) is 22.8. The van der Waals surface area contributed by atoms with Gasteiger partial charge >= 0.3 is 0 Å². The van der Waals surface area contributed by atoms with Crippen LogP contribution in [0.15, 0.2) is 29.8 Å².